The lowest BCUT2D eigenvalue weighted by Gasteiger charge is -2.34. The lowest BCUT2D eigenvalue weighted by Crippen LogP contribution is -2.55. The van der Waals surface area contributed by atoms with Crippen molar-refractivity contribution in [3.05, 3.63) is 72.9 Å². The predicted molar refractivity (Wildman–Crippen MR) is 249 cm³/mol. The van der Waals surface area contributed by atoms with Gasteiger partial charge in [0.15, 0.2) is 6.10 Å². The quantitative estimate of drug-likeness (QED) is 0.0198. The van der Waals surface area contributed by atoms with Gasteiger partial charge in [0.2, 0.25) is 0 Å². The van der Waals surface area contributed by atoms with Gasteiger partial charge in [0.05, 0.1) is 40.3 Å². The van der Waals surface area contributed by atoms with Gasteiger partial charge in [0, 0.05) is 19.3 Å². The Morgan fingerprint density at radius 2 is 0.967 bits per heavy atom. The molecule has 0 fully saturated rings. The SMILES string of the molecule is CC/C=C/C=C/C=C/CCCCCCCCCC(=O)OC(COCCC(C(=O)[O-])[N+](C)(C)C)COC(=O)CCCCCCCCCCCCC/C=C/C/C=C/C/C=C/CC. The summed E-state index contributed by atoms with van der Waals surface area (Å²) in [6, 6.07) is -0.731. The van der Waals surface area contributed by atoms with Crippen molar-refractivity contribution in [2.45, 2.75) is 199 Å². The van der Waals surface area contributed by atoms with E-state index in [0.29, 0.717) is 12.8 Å². The molecule has 0 N–H and O–H groups in total. The van der Waals surface area contributed by atoms with E-state index in [1.807, 2.05) is 0 Å². The molecule has 2 atom stereocenters. The molecule has 0 bridgehead atoms. The maximum Gasteiger partial charge on any atom is 0.306 e. The fourth-order valence-electron chi connectivity index (χ4n) is 6.73. The lowest BCUT2D eigenvalue weighted by molar-refractivity contribution is -0.889. The van der Waals surface area contributed by atoms with E-state index in [0.717, 1.165) is 77.0 Å². The predicted octanol–water partition coefficient (Wildman–Crippen LogP) is 12.2. The van der Waals surface area contributed by atoms with Crippen LogP contribution in [0.25, 0.3) is 0 Å². The van der Waals surface area contributed by atoms with Crippen molar-refractivity contribution in [1.29, 1.82) is 0 Å². The van der Waals surface area contributed by atoms with Crippen molar-refractivity contribution in [3.8, 4) is 0 Å². The van der Waals surface area contributed by atoms with Gasteiger partial charge in [0.1, 0.15) is 12.6 Å². The number of quaternary nitrogens is 1. The molecule has 0 radical (unpaired) electrons. The fourth-order valence-corrected chi connectivity index (χ4v) is 6.73. The second kappa shape index (κ2) is 42.5. The number of unbranched alkanes of at least 4 members (excludes halogenated alkanes) is 18. The molecule has 8 heteroatoms. The van der Waals surface area contributed by atoms with Crippen molar-refractivity contribution < 1.29 is 38.2 Å². The minimum Gasteiger partial charge on any atom is -0.544 e. The number of carbonyl (C=O) groups excluding carboxylic acids is 3. The number of carbonyl (C=O) groups is 3. The van der Waals surface area contributed by atoms with E-state index < -0.39 is 18.1 Å². The number of likely N-dealkylation sites (N-methyl/N-ethyl adjacent to an activating group) is 1. The highest BCUT2D eigenvalue weighted by atomic mass is 16.6. The normalized spacial score (nSPS) is 13.6. The second-order valence-corrected chi connectivity index (χ2v) is 17.0. The van der Waals surface area contributed by atoms with Crippen molar-refractivity contribution in [3.63, 3.8) is 0 Å². The van der Waals surface area contributed by atoms with Crippen LogP contribution in [0.15, 0.2) is 72.9 Å². The van der Waals surface area contributed by atoms with Gasteiger partial charge in [-0.15, -0.1) is 0 Å². The zero-order valence-corrected chi connectivity index (χ0v) is 39.1. The molecule has 0 aliphatic heterocycles. The van der Waals surface area contributed by atoms with E-state index in [9.17, 15) is 19.5 Å². The molecule has 0 aromatic rings. The van der Waals surface area contributed by atoms with E-state index >= 15 is 0 Å². The number of nitrogens with zero attached hydrogens (tertiary/aromatic N) is 1. The molecular weight excluding hydrogens is 751 g/mol. The Balaban J connectivity index is 4.27. The summed E-state index contributed by atoms with van der Waals surface area (Å²) in [6.45, 7) is 4.41. The summed E-state index contributed by atoms with van der Waals surface area (Å²) in [6.07, 6.45) is 53.6. The molecule has 0 aromatic carbocycles. The Bertz CT molecular complexity index is 1210. The third-order valence-corrected chi connectivity index (χ3v) is 10.4. The zero-order chi connectivity index (χ0) is 44.2. The van der Waals surface area contributed by atoms with Gasteiger partial charge in [-0.25, -0.2) is 0 Å². The average Bonchev–Trinajstić information content (AvgIpc) is 3.21. The largest absolute Gasteiger partial charge is 0.544 e. The molecule has 0 aliphatic carbocycles. The first kappa shape index (κ1) is 56.8. The number of esters is 2. The maximum atomic E-state index is 12.7. The summed E-state index contributed by atoms with van der Waals surface area (Å²) in [5, 5.41) is 11.6. The molecule has 0 saturated carbocycles. The number of allylic oxidation sites excluding steroid dienone is 12. The Kier molecular flexibility index (Phi) is 40.2. The van der Waals surface area contributed by atoms with Crippen molar-refractivity contribution in [1.82, 2.24) is 0 Å². The fraction of sp³-hybridized carbons (Fsp3) is 0.712. The van der Waals surface area contributed by atoms with Crippen LogP contribution in [-0.2, 0) is 28.6 Å². The van der Waals surface area contributed by atoms with Crippen LogP contribution in [0.1, 0.15) is 187 Å². The first-order valence-corrected chi connectivity index (χ1v) is 24.0. The van der Waals surface area contributed by atoms with Crippen LogP contribution in [0.3, 0.4) is 0 Å². The minimum absolute atomic E-state index is 0.0322. The van der Waals surface area contributed by atoms with Crippen LogP contribution in [0.5, 0.6) is 0 Å². The van der Waals surface area contributed by atoms with Crippen LogP contribution < -0.4 is 5.11 Å². The van der Waals surface area contributed by atoms with Crippen LogP contribution in [0, 0.1) is 0 Å². The molecule has 0 aliphatic rings. The van der Waals surface area contributed by atoms with Crippen molar-refractivity contribution >= 4 is 17.9 Å². The molecule has 0 rings (SSSR count). The van der Waals surface area contributed by atoms with Gasteiger partial charge in [0.25, 0.3) is 0 Å². The number of hydrogen-bond donors (Lipinski definition) is 0. The standard InChI is InChI=1S/C52H89NO7/c1-6-8-10-12-14-16-18-20-22-23-24-25-26-27-29-30-32-34-36-38-40-42-50(54)59-47-48(46-58-45-44-49(52(56)57)53(3,4)5)60-51(55)43-41-39-37-35-33-31-28-21-19-17-15-13-11-9-7-2/h8-11,13-17,19-20,22,48-49H,6-7,12,18,21,23-47H2,1-5H3/b10-8+,11-9+,15-13+,16-14+,19-17+,22-20+. The Labute approximate surface area is 368 Å². The van der Waals surface area contributed by atoms with Gasteiger partial charge >= 0.3 is 11.9 Å². The van der Waals surface area contributed by atoms with Crippen LogP contribution >= 0.6 is 0 Å². The first-order valence-electron chi connectivity index (χ1n) is 24.0. The summed E-state index contributed by atoms with van der Waals surface area (Å²) in [7, 11) is 5.40. The topological polar surface area (TPSA) is 102 Å². The number of hydrogen-bond acceptors (Lipinski definition) is 7. The van der Waals surface area contributed by atoms with E-state index in [1.165, 1.54) is 77.0 Å². The smallest absolute Gasteiger partial charge is 0.306 e. The third-order valence-electron chi connectivity index (χ3n) is 10.4. The van der Waals surface area contributed by atoms with E-state index in [1.54, 1.807) is 21.1 Å². The Morgan fingerprint density at radius 3 is 1.48 bits per heavy atom. The molecule has 8 nitrogen and oxygen atoms in total. The van der Waals surface area contributed by atoms with Gasteiger partial charge in [-0.1, -0.05) is 177 Å². The molecule has 2 unspecified atom stereocenters. The number of ether oxygens (including phenoxy) is 3. The molecule has 344 valence electrons. The van der Waals surface area contributed by atoms with Gasteiger partial charge in [-0.2, -0.15) is 0 Å². The highest BCUT2D eigenvalue weighted by Crippen LogP contribution is 2.15. The Hall–Kier alpha value is -3.23. The lowest BCUT2D eigenvalue weighted by atomic mass is 10.0. The van der Waals surface area contributed by atoms with E-state index in [-0.39, 0.29) is 42.7 Å². The molecule has 60 heavy (non-hydrogen) atoms. The van der Waals surface area contributed by atoms with E-state index in [2.05, 4.69) is 86.8 Å². The van der Waals surface area contributed by atoms with Gasteiger partial charge < -0.3 is 28.6 Å². The minimum atomic E-state index is -1.13. The number of carboxylic acid groups (broad SMARTS) is 1. The first-order chi connectivity index (χ1) is 29.1. The number of carboxylic acids is 1. The van der Waals surface area contributed by atoms with Gasteiger partial charge in [-0.3, -0.25) is 9.59 Å². The number of aliphatic carboxylic acids is 1. The molecular formula is C52H89NO7. The Morgan fingerprint density at radius 1 is 0.517 bits per heavy atom. The summed E-state index contributed by atoms with van der Waals surface area (Å²) in [4.78, 5) is 37.0. The number of rotatable bonds is 42. The van der Waals surface area contributed by atoms with Crippen LogP contribution in [0.2, 0.25) is 0 Å². The monoisotopic (exact) mass is 840 g/mol. The maximum absolute atomic E-state index is 12.7. The summed E-state index contributed by atoms with van der Waals surface area (Å²) in [5.41, 5.74) is 0. The van der Waals surface area contributed by atoms with E-state index in [4.69, 9.17) is 14.2 Å². The summed E-state index contributed by atoms with van der Waals surface area (Å²) < 4.78 is 17.2. The second-order valence-electron chi connectivity index (χ2n) is 17.0. The van der Waals surface area contributed by atoms with Crippen LogP contribution in [0.4, 0.5) is 0 Å². The summed E-state index contributed by atoms with van der Waals surface area (Å²) >= 11 is 0. The molecule has 0 spiro atoms. The van der Waals surface area contributed by atoms with Crippen molar-refractivity contribution in [2.75, 3.05) is 41.0 Å². The third kappa shape index (κ3) is 40.2. The molecule has 0 aromatic heterocycles. The molecule has 0 saturated heterocycles. The van der Waals surface area contributed by atoms with Crippen LogP contribution in [-0.4, -0.2) is 75.5 Å². The molecule has 0 amide bonds. The zero-order valence-electron chi connectivity index (χ0n) is 39.1. The van der Waals surface area contributed by atoms with Gasteiger partial charge in [-0.05, 0) is 64.2 Å². The summed E-state index contributed by atoms with van der Waals surface area (Å²) in [5.74, 6) is -1.76. The highest BCUT2D eigenvalue weighted by molar-refractivity contribution is 5.70. The molecule has 0 heterocycles. The van der Waals surface area contributed by atoms with Crippen molar-refractivity contribution in [2.24, 2.45) is 0 Å². The average molecular weight is 840 g/mol. The highest BCUT2D eigenvalue weighted by Gasteiger charge is 2.25.